The van der Waals surface area contributed by atoms with E-state index in [0.717, 1.165) is 30.4 Å². The van der Waals surface area contributed by atoms with E-state index in [-0.39, 0.29) is 16.8 Å². The summed E-state index contributed by atoms with van der Waals surface area (Å²) in [4.78, 5) is 12.9. The van der Waals surface area contributed by atoms with E-state index in [4.69, 9.17) is 0 Å². The highest BCUT2D eigenvalue weighted by molar-refractivity contribution is 7.92. The van der Waals surface area contributed by atoms with Gasteiger partial charge in [-0.2, -0.15) is 0 Å². The van der Waals surface area contributed by atoms with Gasteiger partial charge < -0.3 is 5.32 Å². The maximum atomic E-state index is 12.9. The third-order valence-electron chi connectivity index (χ3n) is 5.47. The smallest absolute Gasteiger partial charge is 0.261 e. The Labute approximate surface area is 177 Å². The molecule has 1 amide bonds. The van der Waals surface area contributed by atoms with Crippen LogP contribution in [0.25, 0.3) is 0 Å². The van der Waals surface area contributed by atoms with Gasteiger partial charge in [0.15, 0.2) is 0 Å². The number of carbonyl (C=O) groups excluding carboxylic acids is 1. The summed E-state index contributed by atoms with van der Waals surface area (Å²) in [5.74, 6) is -0.273. The molecule has 30 heavy (non-hydrogen) atoms. The molecular formula is C24H24N2O3S. The van der Waals surface area contributed by atoms with E-state index in [9.17, 15) is 13.2 Å². The van der Waals surface area contributed by atoms with Gasteiger partial charge in [-0.25, -0.2) is 8.42 Å². The van der Waals surface area contributed by atoms with E-state index in [1.54, 1.807) is 24.3 Å². The van der Waals surface area contributed by atoms with Crippen LogP contribution < -0.4 is 10.0 Å². The zero-order chi connectivity index (χ0) is 21.1. The SMILES string of the molecule is Cc1ccccc1NS(=O)(=O)c1cccc(C(=O)NC2CCCc3ccccc32)c1. The second kappa shape index (κ2) is 8.32. The van der Waals surface area contributed by atoms with E-state index in [2.05, 4.69) is 16.1 Å². The van der Waals surface area contributed by atoms with Crippen LogP contribution in [0.2, 0.25) is 0 Å². The maximum Gasteiger partial charge on any atom is 0.261 e. The average Bonchev–Trinajstić information content (AvgIpc) is 2.75. The van der Waals surface area contributed by atoms with Gasteiger partial charge in [-0.1, -0.05) is 48.5 Å². The normalized spacial score (nSPS) is 15.8. The molecule has 0 aromatic heterocycles. The topological polar surface area (TPSA) is 75.3 Å². The molecule has 3 aromatic rings. The average molecular weight is 421 g/mol. The summed E-state index contributed by atoms with van der Waals surface area (Å²) >= 11 is 0. The van der Waals surface area contributed by atoms with Crippen LogP contribution in [0.3, 0.4) is 0 Å². The Bertz CT molecular complexity index is 1190. The first-order valence-corrected chi connectivity index (χ1v) is 11.5. The van der Waals surface area contributed by atoms with Crippen molar-refractivity contribution in [3.8, 4) is 0 Å². The molecule has 2 N–H and O–H groups in total. The first-order chi connectivity index (χ1) is 14.4. The fourth-order valence-corrected chi connectivity index (χ4v) is 5.02. The van der Waals surface area contributed by atoms with Crippen molar-refractivity contribution in [2.45, 2.75) is 37.1 Å². The molecule has 1 unspecified atom stereocenters. The standard InChI is InChI=1S/C24H24N2O3S/c1-17-8-2-5-14-22(17)26-30(28,29)20-12-6-11-19(16-20)24(27)25-23-15-7-10-18-9-3-4-13-21(18)23/h2-6,8-9,11-14,16,23,26H,7,10,15H2,1H3,(H,25,27). The molecule has 154 valence electrons. The number of para-hydroxylation sites is 1. The minimum Gasteiger partial charge on any atom is -0.345 e. The minimum absolute atomic E-state index is 0.0578. The van der Waals surface area contributed by atoms with Crippen LogP contribution in [0.4, 0.5) is 5.69 Å². The van der Waals surface area contributed by atoms with Crippen LogP contribution in [0, 0.1) is 6.92 Å². The Kier molecular flexibility index (Phi) is 5.59. The summed E-state index contributed by atoms with van der Waals surface area (Å²) in [6, 6.07) is 21.4. The Balaban J connectivity index is 1.55. The number of amides is 1. The van der Waals surface area contributed by atoms with Crippen LogP contribution in [-0.2, 0) is 16.4 Å². The molecule has 6 heteroatoms. The molecule has 4 rings (SSSR count). The molecule has 5 nitrogen and oxygen atoms in total. The second-order valence-corrected chi connectivity index (χ2v) is 9.25. The summed E-state index contributed by atoms with van der Waals surface area (Å²) in [6.07, 6.45) is 2.90. The summed E-state index contributed by atoms with van der Waals surface area (Å²) in [7, 11) is -3.80. The van der Waals surface area contributed by atoms with Gasteiger partial charge in [0.25, 0.3) is 15.9 Å². The van der Waals surface area contributed by atoms with Gasteiger partial charge >= 0.3 is 0 Å². The third-order valence-corrected chi connectivity index (χ3v) is 6.83. The lowest BCUT2D eigenvalue weighted by Gasteiger charge is -2.26. The monoisotopic (exact) mass is 420 g/mol. The zero-order valence-electron chi connectivity index (χ0n) is 16.8. The predicted octanol–water partition coefficient (Wildman–Crippen LogP) is 4.60. The number of carbonyl (C=O) groups is 1. The number of nitrogens with one attached hydrogen (secondary N) is 2. The first kappa shape index (κ1) is 20.2. The molecule has 0 saturated carbocycles. The lowest BCUT2D eigenvalue weighted by Crippen LogP contribution is -2.31. The highest BCUT2D eigenvalue weighted by Crippen LogP contribution is 2.30. The molecule has 0 saturated heterocycles. The number of anilines is 1. The van der Waals surface area contributed by atoms with Crippen LogP contribution in [0.5, 0.6) is 0 Å². The Morgan fingerprint density at radius 3 is 2.57 bits per heavy atom. The molecule has 0 bridgehead atoms. The Morgan fingerprint density at radius 2 is 1.73 bits per heavy atom. The van der Waals surface area contributed by atoms with Crippen molar-refractivity contribution in [2.75, 3.05) is 4.72 Å². The van der Waals surface area contributed by atoms with E-state index in [0.29, 0.717) is 11.3 Å². The number of sulfonamides is 1. The number of aryl methyl sites for hydroxylation is 2. The van der Waals surface area contributed by atoms with Crippen molar-refractivity contribution in [3.63, 3.8) is 0 Å². The molecule has 1 aliphatic rings. The molecule has 1 atom stereocenters. The number of hydrogen-bond acceptors (Lipinski definition) is 3. The van der Waals surface area contributed by atoms with Crippen molar-refractivity contribution in [3.05, 3.63) is 95.1 Å². The molecule has 0 heterocycles. The van der Waals surface area contributed by atoms with E-state index in [1.165, 1.54) is 17.7 Å². The fourth-order valence-electron chi connectivity index (χ4n) is 3.84. The summed E-state index contributed by atoms with van der Waals surface area (Å²) in [5, 5.41) is 3.07. The number of hydrogen-bond donors (Lipinski definition) is 2. The van der Waals surface area contributed by atoms with Gasteiger partial charge in [-0.3, -0.25) is 9.52 Å². The number of fused-ring (bicyclic) bond motifs is 1. The van der Waals surface area contributed by atoms with Gasteiger partial charge in [0, 0.05) is 5.56 Å². The van der Waals surface area contributed by atoms with Gasteiger partial charge in [0.1, 0.15) is 0 Å². The second-order valence-electron chi connectivity index (χ2n) is 7.57. The largest absolute Gasteiger partial charge is 0.345 e. The number of benzene rings is 3. The summed E-state index contributed by atoms with van der Waals surface area (Å²) < 4.78 is 28.3. The van der Waals surface area contributed by atoms with Gasteiger partial charge in [-0.15, -0.1) is 0 Å². The third kappa shape index (κ3) is 4.24. The van der Waals surface area contributed by atoms with Crippen molar-refractivity contribution in [2.24, 2.45) is 0 Å². The minimum atomic E-state index is -3.80. The predicted molar refractivity (Wildman–Crippen MR) is 118 cm³/mol. The number of rotatable bonds is 5. The van der Waals surface area contributed by atoms with Crippen molar-refractivity contribution in [1.82, 2.24) is 5.32 Å². The summed E-state index contributed by atoms with van der Waals surface area (Å²) in [6.45, 7) is 1.84. The molecule has 3 aromatic carbocycles. The highest BCUT2D eigenvalue weighted by atomic mass is 32.2. The van der Waals surface area contributed by atoms with E-state index < -0.39 is 10.0 Å². The molecule has 0 aliphatic heterocycles. The van der Waals surface area contributed by atoms with Crippen molar-refractivity contribution >= 4 is 21.6 Å². The highest BCUT2D eigenvalue weighted by Gasteiger charge is 2.23. The van der Waals surface area contributed by atoms with Crippen molar-refractivity contribution in [1.29, 1.82) is 0 Å². The maximum absolute atomic E-state index is 12.9. The lowest BCUT2D eigenvalue weighted by molar-refractivity contribution is 0.0932. The molecule has 0 spiro atoms. The fraction of sp³-hybridized carbons (Fsp3) is 0.208. The van der Waals surface area contributed by atoms with E-state index in [1.807, 2.05) is 37.3 Å². The Hall–Kier alpha value is -3.12. The molecule has 0 fully saturated rings. The van der Waals surface area contributed by atoms with E-state index >= 15 is 0 Å². The van der Waals surface area contributed by atoms with Crippen LogP contribution in [-0.4, -0.2) is 14.3 Å². The van der Waals surface area contributed by atoms with Gasteiger partial charge in [0.05, 0.1) is 16.6 Å². The molecular weight excluding hydrogens is 396 g/mol. The van der Waals surface area contributed by atoms with Crippen LogP contribution in [0.1, 0.15) is 45.9 Å². The zero-order valence-corrected chi connectivity index (χ0v) is 17.6. The lowest BCUT2D eigenvalue weighted by atomic mass is 9.87. The first-order valence-electron chi connectivity index (χ1n) is 10.0. The Morgan fingerprint density at radius 1 is 0.967 bits per heavy atom. The van der Waals surface area contributed by atoms with Crippen LogP contribution >= 0.6 is 0 Å². The summed E-state index contributed by atoms with van der Waals surface area (Å²) in [5.41, 5.74) is 4.07. The molecule has 0 radical (unpaired) electrons. The van der Waals surface area contributed by atoms with Crippen LogP contribution in [0.15, 0.2) is 77.7 Å². The van der Waals surface area contributed by atoms with Gasteiger partial charge in [-0.05, 0) is 67.1 Å². The quantitative estimate of drug-likeness (QED) is 0.633. The van der Waals surface area contributed by atoms with Gasteiger partial charge in [0.2, 0.25) is 0 Å². The molecule has 1 aliphatic carbocycles. The van der Waals surface area contributed by atoms with Crippen molar-refractivity contribution < 1.29 is 13.2 Å².